The zero-order chi connectivity index (χ0) is 10.4. The van der Waals surface area contributed by atoms with Gasteiger partial charge in [-0.3, -0.25) is 0 Å². The molecule has 0 spiro atoms. The van der Waals surface area contributed by atoms with Gasteiger partial charge in [-0.05, 0) is 17.7 Å². The summed E-state index contributed by atoms with van der Waals surface area (Å²) in [4.78, 5) is 15.0. The number of aromatic nitrogens is 1. The zero-order valence-corrected chi connectivity index (χ0v) is 8.70. The number of methoxy groups -OCH3 is 1. The first-order valence-corrected chi connectivity index (χ1v) is 4.73. The maximum Gasteiger partial charge on any atom is 0.356 e. The van der Waals surface area contributed by atoms with Gasteiger partial charge in [0.15, 0.2) is 0 Å². The molecule has 3 nitrogen and oxygen atoms in total. The van der Waals surface area contributed by atoms with Crippen LogP contribution in [-0.2, 0) is 4.74 Å². The summed E-state index contributed by atoms with van der Waals surface area (Å²) in [6.45, 7) is 0. The van der Waals surface area contributed by atoms with Crippen molar-refractivity contribution in [1.82, 2.24) is 4.98 Å². The van der Waals surface area contributed by atoms with Crippen LogP contribution in [0.3, 0.4) is 0 Å². The highest BCUT2D eigenvalue weighted by Gasteiger charge is 2.05. The van der Waals surface area contributed by atoms with Gasteiger partial charge in [0.25, 0.3) is 0 Å². The second-order valence-corrected chi connectivity index (χ2v) is 2.92. The van der Waals surface area contributed by atoms with Crippen molar-refractivity contribution in [1.29, 1.82) is 0 Å². The van der Waals surface area contributed by atoms with Crippen molar-refractivity contribution < 1.29 is 9.53 Å². The molecule has 0 aliphatic heterocycles. The van der Waals surface area contributed by atoms with E-state index in [1.54, 1.807) is 12.3 Å². The molecule has 4 heteroatoms. The van der Waals surface area contributed by atoms with Crippen molar-refractivity contribution in [2.75, 3.05) is 12.9 Å². The molecule has 1 rings (SSSR count). The molecule has 0 unspecified atom stereocenters. The molecule has 1 aromatic rings. The van der Waals surface area contributed by atoms with E-state index in [-0.39, 0.29) is 0 Å². The Morgan fingerprint density at radius 1 is 1.71 bits per heavy atom. The van der Waals surface area contributed by atoms with Crippen molar-refractivity contribution in [3.05, 3.63) is 35.7 Å². The van der Waals surface area contributed by atoms with Crippen LogP contribution in [0.5, 0.6) is 0 Å². The number of hydrogen-bond donors (Lipinski definition) is 1. The fraction of sp³-hybridized carbons (Fsp3) is 0.200. The molecule has 1 aromatic heterocycles. The Morgan fingerprint density at radius 2 is 2.50 bits per heavy atom. The maximum absolute atomic E-state index is 11.1. The summed E-state index contributed by atoms with van der Waals surface area (Å²) < 4.78 is 4.56. The van der Waals surface area contributed by atoms with Crippen LogP contribution in [0.2, 0.25) is 0 Å². The van der Waals surface area contributed by atoms with Crippen molar-refractivity contribution in [2.45, 2.75) is 0 Å². The van der Waals surface area contributed by atoms with E-state index >= 15 is 0 Å². The Labute approximate surface area is 88.2 Å². The number of ether oxygens (including phenoxy) is 1. The monoisotopic (exact) mass is 209 g/mol. The standard InChI is InChI=1S/C10H11NO2S/c1-13-10(12)9-7-8(3-2-6-14)4-5-11-9/h2-5,7,14H,6H2,1H3. The van der Waals surface area contributed by atoms with E-state index in [2.05, 4.69) is 22.3 Å². The van der Waals surface area contributed by atoms with Crippen LogP contribution in [-0.4, -0.2) is 23.8 Å². The molecule has 0 bridgehead atoms. The molecule has 0 amide bonds. The van der Waals surface area contributed by atoms with Gasteiger partial charge >= 0.3 is 5.97 Å². The van der Waals surface area contributed by atoms with Gasteiger partial charge in [0.05, 0.1) is 7.11 Å². The molecule has 0 fully saturated rings. The highest BCUT2D eigenvalue weighted by molar-refractivity contribution is 7.80. The van der Waals surface area contributed by atoms with Crippen LogP contribution in [0.4, 0.5) is 0 Å². The molecule has 0 aromatic carbocycles. The van der Waals surface area contributed by atoms with Gasteiger partial charge in [-0.2, -0.15) is 12.6 Å². The smallest absolute Gasteiger partial charge is 0.356 e. The summed E-state index contributed by atoms with van der Waals surface area (Å²) >= 11 is 4.04. The molecule has 0 aliphatic carbocycles. The first-order chi connectivity index (χ1) is 6.77. The first-order valence-electron chi connectivity index (χ1n) is 4.09. The lowest BCUT2D eigenvalue weighted by Crippen LogP contribution is -2.03. The largest absolute Gasteiger partial charge is 0.464 e. The van der Waals surface area contributed by atoms with Gasteiger partial charge in [-0.15, -0.1) is 0 Å². The Hall–Kier alpha value is -1.29. The quantitative estimate of drug-likeness (QED) is 0.609. The fourth-order valence-corrected chi connectivity index (χ4v) is 1.06. The summed E-state index contributed by atoms with van der Waals surface area (Å²) in [5.41, 5.74) is 1.23. The van der Waals surface area contributed by atoms with E-state index in [9.17, 15) is 4.79 Å². The predicted octanol–water partition coefficient (Wildman–Crippen LogP) is 1.81. The molecule has 0 saturated carbocycles. The summed E-state index contributed by atoms with van der Waals surface area (Å²) in [6.07, 6.45) is 5.34. The SMILES string of the molecule is COC(=O)c1cc(C=CCS)ccn1. The lowest BCUT2D eigenvalue weighted by Gasteiger charge is -1.98. The molecule has 0 atom stereocenters. The van der Waals surface area contributed by atoms with Gasteiger partial charge in [-0.1, -0.05) is 12.2 Å². The zero-order valence-electron chi connectivity index (χ0n) is 7.80. The average molecular weight is 209 g/mol. The highest BCUT2D eigenvalue weighted by Crippen LogP contribution is 2.05. The molecule has 0 N–H and O–H groups in total. The summed E-state index contributed by atoms with van der Waals surface area (Å²) in [5, 5.41) is 0. The molecule has 0 saturated heterocycles. The topological polar surface area (TPSA) is 39.2 Å². The molecular weight excluding hydrogens is 198 g/mol. The number of carbonyl (C=O) groups is 1. The number of thiol groups is 1. The van der Waals surface area contributed by atoms with Gasteiger partial charge < -0.3 is 4.74 Å². The van der Waals surface area contributed by atoms with E-state index in [1.165, 1.54) is 7.11 Å². The van der Waals surface area contributed by atoms with Crippen molar-refractivity contribution in [3.63, 3.8) is 0 Å². The average Bonchev–Trinajstić information content (AvgIpc) is 2.25. The second-order valence-electron chi connectivity index (χ2n) is 2.55. The van der Waals surface area contributed by atoms with Crippen LogP contribution in [0.25, 0.3) is 6.08 Å². The van der Waals surface area contributed by atoms with E-state index in [0.717, 1.165) is 5.56 Å². The van der Waals surface area contributed by atoms with E-state index in [0.29, 0.717) is 11.4 Å². The first kappa shape index (κ1) is 10.8. The summed E-state index contributed by atoms with van der Waals surface area (Å²) in [7, 11) is 1.33. The number of carbonyl (C=O) groups excluding carboxylic acids is 1. The molecule has 1 heterocycles. The minimum Gasteiger partial charge on any atom is -0.464 e. The van der Waals surface area contributed by atoms with Crippen molar-refractivity contribution in [2.24, 2.45) is 0 Å². The number of hydrogen-bond acceptors (Lipinski definition) is 4. The molecule has 0 radical (unpaired) electrons. The van der Waals surface area contributed by atoms with Crippen LogP contribution in [0, 0.1) is 0 Å². The number of nitrogens with zero attached hydrogens (tertiary/aromatic N) is 1. The highest BCUT2D eigenvalue weighted by atomic mass is 32.1. The fourth-order valence-electron chi connectivity index (χ4n) is 0.956. The van der Waals surface area contributed by atoms with Gasteiger partial charge in [0, 0.05) is 11.9 Å². The maximum atomic E-state index is 11.1. The molecular formula is C10H11NO2S. The van der Waals surface area contributed by atoms with Gasteiger partial charge in [0.1, 0.15) is 5.69 Å². The van der Waals surface area contributed by atoms with E-state index in [4.69, 9.17) is 0 Å². The number of rotatable bonds is 3. The summed E-state index contributed by atoms with van der Waals surface area (Å²) in [5.74, 6) is 0.238. The molecule has 14 heavy (non-hydrogen) atoms. The Bertz CT molecular complexity index is 350. The van der Waals surface area contributed by atoms with Crippen molar-refractivity contribution >= 4 is 24.7 Å². The van der Waals surface area contributed by atoms with Gasteiger partial charge in [-0.25, -0.2) is 9.78 Å². The van der Waals surface area contributed by atoms with Crippen LogP contribution >= 0.6 is 12.6 Å². The minimum absolute atomic E-state index is 0.314. The number of esters is 1. The molecule has 0 aliphatic rings. The molecule has 74 valence electrons. The Morgan fingerprint density at radius 3 is 3.14 bits per heavy atom. The summed E-state index contributed by atoms with van der Waals surface area (Å²) in [6, 6.07) is 3.48. The third kappa shape index (κ3) is 2.88. The van der Waals surface area contributed by atoms with E-state index in [1.807, 2.05) is 18.2 Å². The van der Waals surface area contributed by atoms with E-state index < -0.39 is 5.97 Å². The predicted molar refractivity (Wildman–Crippen MR) is 58.5 cm³/mol. The third-order valence-electron chi connectivity index (χ3n) is 1.59. The number of pyridine rings is 1. The lowest BCUT2D eigenvalue weighted by molar-refractivity contribution is 0.0594. The van der Waals surface area contributed by atoms with Crippen LogP contribution in [0.15, 0.2) is 24.4 Å². The lowest BCUT2D eigenvalue weighted by atomic mass is 10.2. The van der Waals surface area contributed by atoms with Gasteiger partial charge in [0.2, 0.25) is 0 Å². The minimum atomic E-state index is -0.425. The van der Waals surface area contributed by atoms with Crippen molar-refractivity contribution in [3.8, 4) is 0 Å². The Balaban J connectivity index is 2.89. The third-order valence-corrected chi connectivity index (χ3v) is 1.81. The second kappa shape index (κ2) is 5.44. The Kier molecular flexibility index (Phi) is 4.19. The van der Waals surface area contributed by atoms with Crippen LogP contribution in [0.1, 0.15) is 16.1 Å². The van der Waals surface area contributed by atoms with Crippen LogP contribution < -0.4 is 0 Å². The normalized spacial score (nSPS) is 10.4.